The van der Waals surface area contributed by atoms with E-state index in [1.807, 2.05) is 0 Å². The molecule has 0 aliphatic heterocycles. The number of nitrogens with zero attached hydrogens (tertiary/aromatic N) is 3. The van der Waals surface area contributed by atoms with Gasteiger partial charge in [-0.05, 0) is 18.2 Å². The lowest BCUT2D eigenvalue weighted by Crippen LogP contribution is -2.19. The summed E-state index contributed by atoms with van der Waals surface area (Å²) in [7, 11) is -4.06. The Kier molecular flexibility index (Phi) is 4.29. The Hall–Kier alpha value is -2.33. The van der Waals surface area contributed by atoms with Gasteiger partial charge in [0, 0.05) is 12.6 Å². The predicted molar refractivity (Wildman–Crippen MR) is 71.0 cm³/mol. The third-order valence-corrected chi connectivity index (χ3v) is 3.53. The molecule has 2 rings (SSSR count). The summed E-state index contributed by atoms with van der Waals surface area (Å²) in [6.45, 7) is 0.256. The number of hydrogen-bond acceptors (Lipinski definition) is 5. The van der Waals surface area contributed by atoms with Gasteiger partial charge < -0.3 is 5.32 Å². The van der Waals surface area contributed by atoms with E-state index in [1.54, 1.807) is 6.20 Å². The van der Waals surface area contributed by atoms with Crippen LogP contribution < -0.4 is 10.5 Å². The Morgan fingerprint density at radius 3 is 2.81 bits per heavy atom. The fourth-order valence-electron chi connectivity index (χ4n) is 1.63. The van der Waals surface area contributed by atoms with Gasteiger partial charge in [-0.15, -0.1) is 5.10 Å². The molecule has 0 saturated carbocycles. The minimum atomic E-state index is -4.06. The van der Waals surface area contributed by atoms with E-state index in [0.717, 1.165) is 18.2 Å². The molecule has 0 radical (unpaired) electrons. The number of carbonyl (C=O) groups excluding carboxylic acids is 1. The van der Waals surface area contributed by atoms with E-state index in [1.165, 1.54) is 10.9 Å². The zero-order valence-corrected chi connectivity index (χ0v) is 11.5. The summed E-state index contributed by atoms with van der Waals surface area (Å²) >= 11 is 0. The van der Waals surface area contributed by atoms with Crippen LogP contribution in [-0.4, -0.2) is 29.3 Å². The van der Waals surface area contributed by atoms with Crippen molar-refractivity contribution < 1.29 is 17.6 Å². The number of rotatable bonds is 5. The number of aryl methyl sites for hydroxylation is 1. The molecule has 3 N–H and O–H groups in total. The fourth-order valence-corrected chi connectivity index (χ4v) is 2.30. The molecule has 0 fully saturated rings. The molecule has 1 aromatic carbocycles. The number of carbonyl (C=O) groups is 1. The van der Waals surface area contributed by atoms with Gasteiger partial charge in [0.15, 0.2) is 0 Å². The first-order chi connectivity index (χ1) is 9.86. The van der Waals surface area contributed by atoms with Crippen LogP contribution in [0.1, 0.15) is 6.42 Å². The molecule has 1 amide bonds. The van der Waals surface area contributed by atoms with Crippen molar-refractivity contribution in [3.8, 4) is 0 Å². The van der Waals surface area contributed by atoms with Crippen LogP contribution in [0, 0.1) is 5.82 Å². The average molecular weight is 313 g/mol. The second kappa shape index (κ2) is 5.97. The van der Waals surface area contributed by atoms with Crippen molar-refractivity contribution in [3.63, 3.8) is 0 Å². The van der Waals surface area contributed by atoms with Crippen molar-refractivity contribution in [2.75, 3.05) is 5.32 Å². The van der Waals surface area contributed by atoms with Gasteiger partial charge in [-0.2, -0.15) is 0 Å². The predicted octanol–water partition coefficient (Wildman–Crippen LogP) is 0.0934. The fraction of sp³-hybridized carbons (Fsp3) is 0.182. The van der Waals surface area contributed by atoms with Crippen LogP contribution in [-0.2, 0) is 21.4 Å². The van der Waals surface area contributed by atoms with E-state index >= 15 is 0 Å². The third kappa shape index (κ3) is 4.07. The Balaban J connectivity index is 2.11. The van der Waals surface area contributed by atoms with E-state index in [4.69, 9.17) is 5.14 Å². The van der Waals surface area contributed by atoms with Gasteiger partial charge in [0.2, 0.25) is 15.9 Å². The van der Waals surface area contributed by atoms with Crippen LogP contribution in [0.25, 0.3) is 0 Å². The molecule has 21 heavy (non-hydrogen) atoms. The highest BCUT2D eigenvalue weighted by atomic mass is 32.2. The molecule has 0 bridgehead atoms. The number of hydrogen-bond donors (Lipinski definition) is 2. The Labute approximate surface area is 119 Å². The minimum absolute atomic E-state index is 0.0178. The highest BCUT2D eigenvalue weighted by Crippen LogP contribution is 2.21. The summed E-state index contributed by atoms with van der Waals surface area (Å²) in [6.07, 6.45) is 3.05. The van der Waals surface area contributed by atoms with Gasteiger partial charge in [0.1, 0.15) is 10.7 Å². The number of aromatic nitrogens is 3. The number of anilines is 1. The van der Waals surface area contributed by atoms with Gasteiger partial charge in [-0.25, -0.2) is 17.9 Å². The number of sulfonamides is 1. The molecule has 0 unspecified atom stereocenters. The molecule has 112 valence electrons. The van der Waals surface area contributed by atoms with Gasteiger partial charge in [-0.1, -0.05) is 5.21 Å². The van der Waals surface area contributed by atoms with Crippen LogP contribution in [0.2, 0.25) is 0 Å². The second-order valence-electron chi connectivity index (χ2n) is 4.15. The molecule has 1 aromatic heterocycles. The Morgan fingerprint density at radius 1 is 1.43 bits per heavy atom. The van der Waals surface area contributed by atoms with Crippen LogP contribution in [0.5, 0.6) is 0 Å². The topological polar surface area (TPSA) is 120 Å². The van der Waals surface area contributed by atoms with Crippen LogP contribution >= 0.6 is 0 Å². The number of halogens is 1. The van der Waals surface area contributed by atoms with Crippen molar-refractivity contribution in [3.05, 3.63) is 36.4 Å². The summed E-state index contributed by atoms with van der Waals surface area (Å²) in [5.74, 6) is -1.19. The van der Waals surface area contributed by atoms with Gasteiger partial charge in [0.05, 0.1) is 18.4 Å². The molecule has 2 aromatic rings. The first kappa shape index (κ1) is 15.1. The van der Waals surface area contributed by atoms with Crippen molar-refractivity contribution >= 4 is 21.6 Å². The number of primary sulfonamides is 1. The number of nitrogens with one attached hydrogen (secondary N) is 1. The summed E-state index contributed by atoms with van der Waals surface area (Å²) in [5, 5.41) is 14.6. The number of nitrogens with two attached hydrogens (primary N) is 1. The maximum Gasteiger partial charge on any atom is 0.240 e. The second-order valence-corrected chi connectivity index (χ2v) is 5.68. The molecular formula is C11H12FN5O3S. The highest BCUT2D eigenvalue weighted by molar-refractivity contribution is 7.89. The number of amides is 1. The maximum atomic E-state index is 13.2. The normalized spacial score (nSPS) is 11.3. The molecule has 0 saturated heterocycles. The minimum Gasteiger partial charge on any atom is -0.325 e. The Bertz CT molecular complexity index is 745. The van der Waals surface area contributed by atoms with Crippen molar-refractivity contribution in [1.82, 2.24) is 15.0 Å². The summed E-state index contributed by atoms with van der Waals surface area (Å²) in [4.78, 5) is 11.4. The SMILES string of the molecule is NS(=O)(=O)c1ccc(F)cc1NC(=O)CCn1ccnn1. The zero-order valence-electron chi connectivity index (χ0n) is 10.7. The summed E-state index contributed by atoms with van der Waals surface area (Å²) in [6, 6.07) is 2.84. The quantitative estimate of drug-likeness (QED) is 0.810. The number of benzene rings is 1. The summed E-state index contributed by atoms with van der Waals surface area (Å²) in [5.41, 5.74) is -0.193. The lowest BCUT2D eigenvalue weighted by molar-refractivity contribution is -0.116. The van der Waals surface area contributed by atoms with Crippen LogP contribution in [0.15, 0.2) is 35.5 Å². The van der Waals surface area contributed by atoms with E-state index in [2.05, 4.69) is 15.6 Å². The van der Waals surface area contributed by atoms with E-state index in [9.17, 15) is 17.6 Å². The standard InChI is InChI=1S/C11H12FN5O3S/c12-8-1-2-10(21(13,19)20)9(7-8)15-11(18)3-5-17-6-4-14-16-17/h1-2,4,6-7H,3,5H2,(H,15,18)(H2,13,19,20). The average Bonchev–Trinajstić information content (AvgIpc) is 2.88. The lowest BCUT2D eigenvalue weighted by atomic mass is 10.3. The largest absolute Gasteiger partial charge is 0.325 e. The van der Waals surface area contributed by atoms with E-state index in [-0.39, 0.29) is 23.5 Å². The molecule has 0 spiro atoms. The summed E-state index contributed by atoms with van der Waals surface area (Å²) < 4.78 is 37.4. The molecule has 0 atom stereocenters. The highest BCUT2D eigenvalue weighted by Gasteiger charge is 2.16. The third-order valence-electron chi connectivity index (χ3n) is 2.56. The van der Waals surface area contributed by atoms with Crippen LogP contribution in [0.4, 0.5) is 10.1 Å². The van der Waals surface area contributed by atoms with Crippen LogP contribution in [0.3, 0.4) is 0 Å². The van der Waals surface area contributed by atoms with Gasteiger partial charge >= 0.3 is 0 Å². The molecular weight excluding hydrogens is 301 g/mol. The maximum absolute atomic E-state index is 13.2. The van der Waals surface area contributed by atoms with Gasteiger partial charge in [0.25, 0.3) is 0 Å². The van der Waals surface area contributed by atoms with Gasteiger partial charge in [-0.3, -0.25) is 9.48 Å². The molecule has 8 nitrogen and oxygen atoms in total. The smallest absolute Gasteiger partial charge is 0.240 e. The van der Waals surface area contributed by atoms with Crippen molar-refractivity contribution in [1.29, 1.82) is 0 Å². The van der Waals surface area contributed by atoms with E-state index < -0.39 is 21.7 Å². The first-order valence-electron chi connectivity index (χ1n) is 5.82. The first-order valence-corrected chi connectivity index (χ1v) is 7.37. The molecule has 0 aliphatic carbocycles. The Morgan fingerprint density at radius 2 is 2.19 bits per heavy atom. The van der Waals surface area contributed by atoms with E-state index in [0.29, 0.717) is 0 Å². The molecule has 0 aliphatic rings. The molecule has 1 heterocycles. The van der Waals surface area contributed by atoms with Crippen molar-refractivity contribution in [2.45, 2.75) is 17.9 Å². The monoisotopic (exact) mass is 313 g/mol. The molecule has 10 heteroatoms. The zero-order chi connectivity index (χ0) is 15.5. The van der Waals surface area contributed by atoms with Crippen molar-refractivity contribution in [2.24, 2.45) is 5.14 Å². The lowest BCUT2D eigenvalue weighted by Gasteiger charge is -2.09.